The zero-order chi connectivity index (χ0) is 13.5. The molecule has 0 saturated heterocycles. The van der Waals surface area contributed by atoms with E-state index in [0.29, 0.717) is 0 Å². The summed E-state index contributed by atoms with van der Waals surface area (Å²) in [7, 11) is 4.05. The fourth-order valence-electron chi connectivity index (χ4n) is 2.09. The van der Waals surface area contributed by atoms with Crippen LogP contribution in [0.4, 0.5) is 0 Å². The zero-order valence-electron chi connectivity index (χ0n) is 11.7. The second-order valence-electron chi connectivity index (χ2n) is 4.87. The fourth-order valence-corrected chi connectivity index (χ4v) is 2.09. The lowest BCUT2D eigenvalue weighted by molar-refractivity contribution is 0.293. The highest BCUT2D eigenvalue weighted by molar-refractivity contribution is 5.15. The van der Waals surface area contributed by atoms with Crippen molar-refractivity contribution in [2.75, 3.05) is 20.6 Å². The van der Waals surface area contributed by atoms with Gasteiger partial charge in [-0.25, -0.2) is 0 Å². The normalized spacial score (nSPS) is 11.1. The molecule has 3 heteroatoms. The van der Waals surface area contributed by atoms with Gasteiger partial charge in [0.15, 0.2) is 0 Å². The van der Waals surface area contributed by atoms with Gasteiger partial charge in [-0.1, -0.05) is 30.3 Å². The smallest absolute Gasteiger partial charge is 0.118 e. The zero-order valence-corrected chi connectivity index (χ0v) is 11.7. The van der Waals surface area contributed by atoms with E-state index in [2.05, 4.69) is 53.7 Å². The van der Waals surface area contributed by atoms with Crippen molar-refractivity contribution in [3.63, 3.8) is 0 Å². The highest BCUT2D eigenvalue weighted by Crippen LogP contribution is 2.10. The Morgan fingerprint density at radius 1 is 1.05 bits per heavy atom. The van der Waals surface area contributed by atoms with Gasteiger partial charge in [-0.3, -0.25) is 4.90 Å². The van der Waals surface area contributed by atoms with Crippen molar-refractivity contribution in [3.05, 3.63) is 59.5 Å². The van der Waals surface area contributed by atoms with Crippen molar-refractivity contribution >= 4 is 0 Å². The largest absolute Gasteiger partial charge is 0.463 e. The lowest BCUT2D eigenvalue weighted by Gasteiger charge is -2.14. The Kier molecular flexibility index (Phi) is 5.19. The summed E-state index contributed by atoms with van der Waals surface area (Å²) in [5, 5.41) is 3.09. The first kappa shape index (κ1) is 13.8. The third-order valence-electron chi connectivity index (χ3n) is 3.12. The van der Waals surface area contributed by atoms with Gasteiger partial charge >= 0.3 is 0 Å². The van der Waals surface area contributed by atoms with E-state index in [1.165, 1.54) is 5.56 Å². The van der Waals surface area contributed by atoms with E-state index in [1.807, 2.05) is 13.1 Å². The number of furan rings is 1. The molecule has 0 saturated carbocycles. The van der Waals surface area contributed by atoms with Crippen molar-refractivity contribution in [2.45, 2.75) is 19.5 Å². The molecule has 1 N–H and O–H groups in total. The van der Waals surface area contributed by atoms with E-state index >= 15 is 0 Å². The van der Waals surface area contributed by atoms with Gasteiger partial charge in [-0.2, -0.15) is 0 Å². The maximum Gasteiger partial charge on any atom is 0.118 e. The van der Waals surface area contributed by atoms with Crippen LogP contribution in [0.2, 0.25) is 0 Å². The van der Waals surface area contributed by atoms with Gasteiger partial charge in [0.05, 0.1) is 13.1 Å². The molecule has 0 fully saturated rings. The maximum atomic E-state index is 5.74. The Morgan fingerprint density at radius 3 is 2.53 bits per heavy atom. The molecule has 0 aliphatic heterocycles. The van der Waals surface area contributed by atoms with Gasteiger partial charge in [0, 0.05) is 6.54 Å². The van der Waals surface area contributed by atoms with Gasteiger partial charge in [-0.05, 0) is 38.2 Å². The molecule has 2 rings (SSSR count). The van der Waals surface area contributed by atoms with Crippen LogP contribution in [0.1, 0.15) is 17.1 Å². The predicted octanol–water partition coefficient (Wildman–Crippen LogP) is 2.67. The van der Waals surface area contributed by atoms with Gasteiger partial charge in [-0.15, -0.1) is 0 Å². The molecule has 19 heavy (non-hydrogen) atoms. The number of hydrogen-bond donors (Lipinski definition) is 1. The Bertz CT molecular complexity index is 479. The summed E-state index contributed by atoms with van der Waals surface area (Å²) in [5.74, 6) is 2.02. The molecule has 0 unspecified atom stereocenters. The lowest BCUT2D eigenvalue weighted by atomic mass is 10.1. The molecule has 1 aromatic heterocycles. The number of hydrogen-bond acceptors (Lipinski definition) is 3. The molecule has 1 heterocycles. The van der Waals surface area contributed by atoms with Crippen molar-refractivity contribution in [3.8, 4) is 0 Å². The van der Waals surface area contributed by atoms with Crippen LogP contribution in [-0.4, -0.2) is 25.5 Å². The topological polar surface area (TPSA) is 28.4 Å². The van der Waals surface area contributed by atoms with Crippen LogP contribution in [0.5, 0.6) is 0 Å². The molecule has 0 radical (unpaired) electrons. The number of nitrogens with one attached hydrogen (secondary N) is 1. The van der Waals surface area contributed by atoms with Crippen LogP contribution >= 0.6 is 0 Å². The van der Waals surface area contributed by atoms with Gasteiger partial charge in [0.25, 0.3) is 0 Å². The number of nitrogens with zero attached hydrogens (tertiary/aromatic N) is 1. The van der Waals surface area contributed by atoms with Gasteiger partial charge in [0.2, 0.25) is 0 Å². The van der Waals surface area contributed by atoms with Gasteiger partial charge < -0.3 is 9.73 Å². The predicted molar refractivity (Wildman–Crippen MR) is 78.0 cm³/mol. The SMILES string of the molecule is CNCc1ccc(CN(C)CCc2ccccc2)o1. The molecular formula is C16H22N2O. The van der Waals surface area contributed by atoms with Crippen molar-refractivity contribution in [1.29, 1.82) is 0 Å². The molecular weight excluding hydrogens is 236 g/mol. The Labute approximate surface area is 115 Å². The summed E-state index contributed by atoms with van der Waals surface area (Å²) in [6, 6.07) is 14.7. The van der Waals surface area contributed by atoms with E-state index in [1.54, 1.807) is 0 Å². The average molecular weight is 258 g/mol. The molecule has 0 bridgehead atoms. The number of rotatable bonds is 7. The summed E-state index contributed by atoms with van der Waals surface area (Å²) in [6.45, 7) is 2.68. The van der Waals surface area contributed by atoms with Crippen molar-refractivity contribution in [1.82, 2.24) is 10.2 Å². The van der Waals surface area contributed by atoms with E-state index < -0.39 is 0 Å². The second-order valence-corrected chi connectivity index (χ2v) is 4.87. The first-order valence-electron chi connectivity index (χ1n) is 6.72. The molecule has 0 aliphatic rings. The third kappa shape index (κ3) is 4.54. The highest BCUT2D eigenvalue weighted by Gasteiger charge is 2.05. The van der Waals surface area contributed by atoms with E-state index in [9.17, 15) is 0 Å². The number of benzene rings is 1. The first-order valence-corrected chi connectivity index (χ1v) is 6.72. The standard InChI is InChI=1S/C16H22N2O/c1-17-12-15-8-9-16(19-15)13-18(2)11-10-14-6-4-3-5-7-14/h3-9,17H,10-13H2,1-2H3. The summed E-state index contributed by atoms with van der Waals surface area (Å²) in [5.41, 5.74) is 1.38. The molecule has 0 amide bonds. The molecule has 0 spiro atoms. The molecule has 102 valence electrons. The van der Waals surface area contributed by atoms with Crippen LogP contribution < -0.4 is 5.32 Å². The summed E-state index contributed by atoms with van der Waals surface area (Å²) in [6.07, 6.45) is 1.07. The quantitative estimate of drug-likeness (QED) is 0.827. The molecule has 3 nitrogen and oxygen atoms in total. The van der Waals surface area contributed by atoms with Gasteiger partial charge in [0.1, 0.15) is 11.5 Å². The van der Waals surface area contributed by atoms with Crippen LogP contribution in [0.3, 0.4) is 0 Å². The second kappa shape index (κ2) is 7.12. The summed E-state index contributed by atoms with van der Waals surface area (Å²) in [4.78, 5) is 2.29. The minimum absolute atomic E-state index is 0.785. The van der Waals surface area contributed by atoms with E-state index in [0.717, 1.165) is 37.6 Å². The minimum atomic E-state index is 0.785. The van der Waals surface area contributed by atoms with E-state index in [4.69, 9.17) is 4.42 Å². The monoisotopic (exact) mass is 258 g/mol. The number of likely N-dealkylation sites (N-methyl/N-ethyl adjacent to an activating group) is 1. The van der Waals surface area contributed by atoms with Crippen LogP contribution in [0.25, 0.3) is 0 Å². The molecule has 1 aromatic carbocycles. The van der Waals surface area contributed by atoms with Crippen LogP contribution in [0, 0.1) is 0 Å². The molecule has 2 aromatic rings. The summed E-state index contributed by atoms with van der Waals surface area (Å²) >= 11 is 0. The van der Waals surface area contributed by atoms with Crippen LogP contribution in [-0.2, 0) is 19.5 Å². The van der Waals surface area contributed by atoms with Crippen LogP contribution in [0.15, 0.2) is 46.9 Å². The Hall–Kier alpha value is -1.58. The molecule has 0 atom stereocenters. The average Bonchev–Trinajstić information content (AvgIpc) is 2.85. The first-order chi connectivity index (χ1) is 9.28. The highest BCUT2D eigenvalue weighted by atomic mass is 16.3. The third-order valence-corrected chi connectivity index (χ3v) is 3.12. The Morgan fingerprint density at radius 2 is 1.79 bits per heavy atom. The maximum absolute atomic E-state index is 5.74. The van der Waals surface area contributed by atoms with Crippen molar-refractivity contribution in [2.24, 2.45) is 0 Å². The lowest BCUT2D eigenvalue weighted by Crippen LogP contribution is -2.20. The van der Waals surface area contributed by atoms with Crippen molar-refractivity contribution < 1.29 is 4.42 Å². The Balaban J connectivity index is 1.78. The fraction of sp³-hybridized carbons (Fsp3) is 0.375. The summed E-state index contributed by atoms with van der Waals surface area (Å²) < 4.78 is 5.74. The van der Waals surface area contributed by atoms with E-state index in [-0.39, 0.29) is 0 Å². The minimum Gasteiger partial charge on any atom is -0.463 e. The molecule has 0 aliphatic carbocycles.